The van der Waals surface area contributed by atoms with Crippen LogP contribution in [0.2, 0.25) is 0 Å². The maximum absolute atomic E-state index is 12.9. The molecule has 1 saturated heterocycles. The van der Waals surface area contributed by atoms with E-state index in [-0.39, 0.29) is 24.3 Å². The minimum Gasteiger partial charge on any atom is -0.337 e. The topological polar surface area (TPSA) is 78.7 Å². The molecular formula is C20H31ClN4O2. The van der Waals surface area contributed by atoms with Gasteiger partial charge in [-0.1, -0.05) is 49.6 Å². The first-order valence-electron chi connectivity index (χ1n) is 9.67. The molecule has 7 heteroatoms. The SMILES string of the molecule is CC(N)(C(=O)N1CCN(C(=O)NC2CCCCC2)CC1)c1ccccc1.Cl. The Kier molecular flexibility index (Phi) is 7.50. The van der Waals surface area contributed by atoms with Crippen LogP contribution in [0.15, 0.2) is 30.3 Å². The lowest BCUT2D eigenvalue weighted by Crippen LogP contribution is -2.59. The Morgan fingerprint density at radius 2 is 1.56 bits per heavy atom. The van der Waals surface area contributed by atoms with Crippen LogP contribution in [0.25, 0.3) is 0 Å². The highest BCUT2D eigenvalue weighted by molar-refractivity contribution is 5.87. The van der Waals surface area contributed by atoms with Gasteiger partial charge < -0.3 is 20.9 Å². The molecule has 6 nitrogen and oxygen atoms in total. The van der Waals surface area contributed by atoms with Crippen LogP contribution in [0, 0.1) is 0 Å². The molecule has 3 rings (SSSR count). The fourth-order valence-electron chi connectivity index (χ4n) is 3.86. The van der Waals surface area contributed by atoms with Gasteiger partial charge in [0.1, 0.15) is 5.54 Å². The number of nitrogens with two attached hydrogens (primary N) is 1. The van der Waals surface area contributed by atoms with E-state index in [2.05, 4.69) is 5.32 Å². The van der Waals surface area contributed by atoms with Crippen molar-refractivity contribution >= 4 is 24.3 Å². The van der Waals surface area contributed by atoms with Crippen molar-refractivity contribution in [3.8, 4) is 0 Å². The number of piperazine rings is 1. The van der Waals surface area contributed by atoms with E-state index >= 15 is 0 Å². The summed E-state index contributed by atoms with van der Waals surface area (Å²) in [6.07, 6.45) is 5.82. The van der Waals surface area contributed by atoms with E-state index in [4.69, 9.17) is 5.73 Å². The van der Waals surface area contributed by atoms with Crippen LogP contribution >= 0.6 is 12.4 Å². The molecule has 1 unspecified atom stereocenters. The van der Waals surface area contributed by atoms with Gasteiger partial charge in [0.2, 0.25) is 5.91 Å². The number of urea groups is 1. The summed E-state index contributed by atoms with van der Waals surface area (Å²) < 4.78 is 0. The third-order valence-electron chi connectivity index (χ3n) is 5.60. The molecule has 3 N–H and O–H groups in total. The Bertz CT molecular complexity index is 624. The lowest BCUT2D eigenvalue weighted by molar-refractivity contribution is -0.138. The van der Waals surface area contributed by atoms with Crippen molar-refractivity contribution in [1.29, 1.82) is 0 Å². The zero-order valence-electron chi connectivity index (χ0n) is 16.0. The van der Waals surface area contributed by atoms with Gasteiger partial charge in [-0.2, -0.15) is 0 Å². The van der Waals surface area contributed by atoms with Crippen molar-refractivity contribution in [2.45, 2.75) is 50.6 Å². The monoisotopic (exact) mass is 394 g/mol. The predicted octanol–water partition coefficient (Wildman–Crippen LogP) is 2.47. The van der Waals surface area contributed by atoms with Crippen LogP contribution in [0.4, 0.5) is 4.79 Å². The van der Waals surface area contributed by atoms with Crippen molar-refractivity contribution in [1.82, 2.24) is 15.1 Å². The molecule has 1 atom stereocenters. The van der Waals surface area contributed by atoms with Gasteiger partial charge in [0.15, 0.2) is 0 Å². The Labute approximate surface area is 167 Å². The highest BCUT2D eigenvalue weighted by atomic mass is 35.5. The minimum atomic E-state index is -1.05. The van der Waals surface area contributed by atoms with Crippen molar-refractivity contribution in [2.75, 3.05) is 26.2 Å². The minimum absolute atomic E-state index is 0. The summed E-state index contributed by atoms with van der Waals surface area (Å²) in [5.41, 5.74) is 6.11. The van der Waals surface area contributed by atoms with Gasteiger partial charge in [-0.05, 0) is 25.3 Å². The molecule has 0 radical (unpaired) electrons. The van der Waals surface area contributed by atoms with Gasteiger partial charge in [-0.3, -0.25) is 4.79 Å². The van der Waals surface area contributed by atoms with E-state index in [1.54, 1.807) is 11.8 Å². The third-order valence-corrected chi connectivity index (χ3v) is 5.60. The number of nitrogens with one attached hydrogen (secondary N) is 1. The normalized spacial score (nSPS) is 20.4. The van der Waals surface area contributed by atoms with E-state index in [1.807, 2.05) is 35.2 Å². The van der Waals surface area contributed by atoms with Crippen LogP contribution in [0.3, 0.4) is 0 Å². The molecule has 27 heavy (non-hydrogen) atoms. The fourth-order valence-corrected chi connectivity index (χ4v) is 3.86. The largest absolute Gasteiger partial charge is 0.337 e. The Hall–Kier alpha value is -1.79. The number of rotatable bonds is 3. The number of benzene rings is 1. The maximum Gasteiger partial charge on any atom is 0.317 e. The number of hydrogen-bond acceptors (Lipinski definition) is 3. The van der Waals surface area contributed by atoms with Crippen molar-refractivity contribution < 1.29 is 9.59 Å². The molecule has 1 aliphatic carbocycles. The molecule has 1 aromatic carbocycles. The molecule has 0 bridgehead atoms. The highest BCUT2D eigenvalue weighted by Gasteiger charge is 2.36. The third kappa shape index (κ3) is 5.14. The second kappa shape index (κ2) is 9.42. The summed E-state index contributed by atoms with van der Waals surface area (Å²) in [7, 11) is 0. The van der Waals surface area contributed by atoms with Gasteiger partial charge in [0, 0.05) is 32.2 Å². The van der Waals surface area contributed by atoms with Crippen molar-refractivity contribution in [3.63, 3.8) is 0 Å². The molecule has 0 aromatic heterocycles. The number of amides is 3. The molecule has 3 amide bonds. The summed E-state index contributed by atoms with van der Waals surface area (Å²) in [5.74, 6) is -0.0870. The lowest BCUT2D eigenvalue weighted by atomic mass is 9.91. The van der Waals surface area contributed by atoms with E-state index in [0.29, 0.717) is 32.2 Å². The highest BCUT2D eigenvalue weighted by Crippen LogP contribution is 2.21. The molecule has 1 saturated carbocycles. The first-order chi connectivity index (χ1) is 12.5. The first kappa shape index (κ1) is 21.5. The predicted molar refractivity (Wildman–Crippen MR) is 109 cm³/mol. The Morgan fingerprint density at radius 3 is 2.15 bits per heavy atom. The molecule has 1 aliphatic heterocycles. The summed E-state index contributed by atoms with van der Waals surface area (Å²) in [4.78, 5) is 28.9. The van der Waals surface area contributed by atoms with Gasteiger partial charge in [0.05, 0.1) is 0 Å². The van der Waals surface area contributed by atoms with E-state index < -0.39 is 5.54 Å². The Morgan fingerprint density at radius 1 is 1.00 bits per heavy atom. The second-order valence-electron chi connectivity index (χ2n) is 7.63. The second-order valence-corrected chi connectivity index (χ2v) is 7.63. The maximum atomic E-state index is 12.9. The average Bonchev–Trinajstić information content (AvgIpc) is 2.69. The van der Waals surface area contributed by atoms with Crippen LogP contribution in [0.5, 0.6) is 0 Å². The molecule has 150 valence electrons. The molecular weight excluding hydrogens is 364 g/mol. The Balaban J connectivity index is 0.00000261. The van der Waals surface area contributed by atoms with E-state index in [9.17, 15) is 9.59 Å². The molecule has 1 heterocycles. The van der Waals surface area contributed by atoms with Gasteiger partial charge in [-0.15, -0.1) is 12.4 Å². The van der Waals surface area contributed by atoms with Crippen LogP contribution in [-0.2, 0) is 10.3 Å². The van der Waals surface area contributed by atoms with E-state index in [0.717, 1.165) is 18.4 Å². The van der Waals surface area contributed by atoms with Crippen molar-refractivity contribution in [2.24, 2.45) is 5.73 Å². The zero-order valence-corrected chi connectivity index (χ0v) is 16.8. The molecule has 2 aliphatic rings. The molecule has 2 fully saturated rings. The van der Waals surface area contributed by atoms with Gasteiger partial charge >= 0.3 is 6.03 Å². The first-order valence-corrected chi connectivity index (χ1v) is 9.67. The molecule has 0 spiro atoms. The standard InChI is InChI=1S/C20H30N4O2.ClH/c1-20(21,16-8-4-2-5-9-16)18(25)23-12-14-24(15-13-23)19(26)22-17-10-6-3-7-11-17;/h2,4-5,8-9,17H,3,6-7,10-15,21H2,1H3,(H,22,26);1H. The summed E-state index contributed by atoms with van der Waals surface area (Å²) >= 11 is 0. The van der Waals surface area contributed by atoms with Crippen LogP contribution < -0.4 is 11.1 Å². The fraction of sp³-hybridized carbons (Fsp3) is 0.600. The van der Waals surface area contributed by atoms with Crippen molar-refractivity contribution in [3.05, 3.63) is 35.9 Å². The van der Waals surface area contributed by atoms with Gasteiger partial charge in [-0.25, -0.2) is 4.79 Å². The van der Waals surface area contributed by atoms with Crippen LogP contribution in [-0.4, -0.2) is 54.0 Å². The van der Waals surface area contributed by atoms with Gasteiger partial charge in [0.25, 0.3) is 0 Å². The number of carbonyl (C=O) groups is 2. The summed E-state index contributed by atoms with van der Waals surface area (Å²) in [6, 6.07) is 9.76. The number of carbonyl (C=O) groups excluding carboxylic acids is 2. The number of nitrogens with zero attached hydrogens (tertiary/aromatic N) is 2. The molecule has 1 aromatic rings. The smallest absolute Gasteiger partial charge is 0.317 e. The average molecular weight is 395 g/mol. The summed E-state index contributed by atoms with van der Waals surface area (Å²) in [5, 5.41) is 3.15. The number of halogens is 1. The number of hydrogen-bond donors (Lipinski definition) is 2. The zero-order chi connectivity index (χ0) is 18.6. The quantitative estimate of drug-likeness (QED) is 0.826. The van der Waals surface area contributed by atoms with E-state index in [1.165, 1.54) is 19.3 Å². The lowest BCUT2D eigenvalue weighted by Gasteiger charge is -2.39. The van der Waals surface area contributed by atoms with Crippen LogP contribution in [0.1, 0.15) is 44.6 Å². The summed E-state index contributed by atoms with van der Waals surface area (Å²) in [6.45, 7) is 3.91.